The number of ether oxygens (including phenoxy) is 1. The molecular weight excluding hydrogens is 242 g/mol. The largest absolute Gasteiger partial charge is 0.465 e. The van der Waals surface area contributed by atoms with Crippen molar-refractivity contribution in [3.63, 3.8) is 0 Å². The van der Waals surface area contributed by atoms with E-state index in [-0.39, 0.29) is 11.9 Å². The van der Waals surface area contributed by atoms with E-state index in [2.05, 4.69) is 15.1 Å². The fourth-order valence-corrected chi connectivity index (χ4v) is 1.74. The van der Waals surface area contributed by atoms with Crippen molar-refractivity contribution in [3.05, 3.63) is 16.8 Å². The number of carbonyl (C=O) groups is 1. The van der Waals surface area contributed by atoms with Gasteiger partial charge in [0, 0.05) is 5.38 Å². The highest BCUT2D eigenvalue weighted by molar-refractivity contribution is 7.07. The Hall–Kier alpha value is -1.76. The van der Waals surface area contributed by atoms with Crippen LogP contribution in [0.4, 0.5) is 0 Å². The van der Waals surface area contributed by atoms with Gasteiger partial charge in [-0.1, -0.05) is 5.16 Å². The lowest BCUT2D eigenvalue weighted by Gasteiger charge is -2.04. The van der Waals surface area contributed by atoms with Gasteiger partial charge in [-0.15, -0.1) is 11.3 Å². The van der Waals surface area contributed by atoms with E-state index in [4.69, 9.17) is 9.26 Å². The topological polar surface area (TPSA) is 78.1 Å². The van der Waals surface area contributed by atoms with Crippen molar-refractivity contribution < 1.29 is 14.1 Å². The Bertz CT molecular complexity index is 495. The van der Waals surface area contributed by atoms with Crippen molar-refractivity contribution in [2.24, 2.45) is 0 Å². The molecule has 2 aromatic rings. The average Bonchev–Trinajstić information content (AvgIpc) is 2.98. The minimum Gasteiger partial charge on any atom is -0.465 e. The number of aromatic nitrogens is 3. The van der Waals surface area contributed by atoms with Crippen LogP contribution in [0.1, 0.15) is 25.7 Å². The van der Waals surface area contributed by atoms with E-state index in [1.54, 1.807) is 19.4 Å². The fourth-order valence-electron chi connectivity index (χ4n) is 1.21. The van der Waals surface area contributed by atoms with Crippen LogP contribution in [0.15, 0.2) is 15.4 Å². The van der Waals surface area contributed by atoms with Gasteiger partial charge in [0.2, 0.25) is 11.7 Å². The van der Waals surface area contributed by atoms with Crippen molar-refractivity contribution in [2.75, 3.05) is 6.61 Å². The predicted octanol–water partition coefficient (Wildman–Crippen LogP) is 1.86. The Morgan fingerprint density at radius 3 is 3.12 bits per heavy atom. The molecule has 0 radical (unpaired) electrons. The number of nitrogens with zero attached hydrogens (tertiary/aromatic N) is 3. The van der Waals surface area contributed by atoms with E-state index in [0.29, 0.717) is 18.1 Å². The second-order valence-electron chi connectivity index (χ2n) is 3.30. The van der Waals surface area contributed by atoms with Crippen LogP contribution in [0.3, 0.4) is 0 Å². The molecule has 2 aromatic heterocycles. The molecule has 0 spiro atoms. The van der Waals surface area contributed by atoms with Crippen molar-refractivity contribution in [1.29, 1.82) is 0 Å². The lowest BCUT2D eigenvalue weighted by Crippen LogP contribution is -2.13. The van der Waals surface area contributed by atoms with Crippen LogP contribution in [0, 0.1) is 0 Å². The molecule has 0 fully saturated rings. The van der Waals surface area contributed by atoms with Crippen molar-refractivity contribution >= 4 is 17.3 Å². The third kappa shape index (κ3) is 2.50. The molecule has 0 bridgehead atoms. The van der Waals surface area contributed by atoms with Gasteiger partial charge in [-0.25, -0.2) is 4.98 Å². The molecule has 0 aliphatic carbocycles. The predicted molar refractivity (Wildman–Crippen MR) is 60.5 cm³/mol. The van der Waals surface area contributed by atoms with Gasteiger partial charge in [-0.3, -0.25) is 4.79 Å². The SMILES string of the molecule is CCOC(=O)C(C)c1nc(-c2cscn2)no1. The summed E-state index contributed by atoms with van der Waals surface area (Å²) in [4.78, 5) is 19.7. The summed E-state index contributed by atoms with van der Waals surface area (Å²) in [5.41, 5.74) is 2.32. The third-order valence-corrected chi connectivity index (χ3v) is 2.70. The molecule has 0 saturated heterocycles. The molecule has 0 amide bonds. The highest BCUT2D eigenvalue weighted by Gasteiger charge is 2.23. The van der Waals surface area contributed by atoms with E-state index in [1.807, 2.05) is 5.38 Å². The van der Waals surface area contributed by atoms with Crippen LogP contribution in [-0.2, 0) is 9.53 Å². The Morgan fingerprint density at radius 2 is 2.47 bits per heavy atom. The molecule has 0 saturated carbocycles. The molecule has 6 nitrogen and oxygen atoms in total. The van der Waals surface area contributed by atoms with E-state index >= 15 is 0 Å². The molecule has 0 aliphatic heterocycles. The standard InChI is InChI=1S/C10H11N3O3S/c1-3-15-10(14)6(2)9-12-8(13-16-9)7-4-17-5-11-7/h4-6H,3H2,1-2H3. The third-order valence-electron chi connectivity index (χ3n) is 2.11. The molecule has 2 rings (SSSR count). The maximum atomic E-state index is 11.5. The van der Waals surface area contributed by atoms with E-state index in [9.17, 15) is 4.79 Å². The summed E-state index contributed by atoms with van der Waals surface area (Å²) in [6, 6.07) is 0. The highest BCUT2D eigenvalue weighted by atomic mass is 32.1. The molecule has 0 N–H and O–H groups in total. The Labute approximate surface area is 102 Å². The van der Waals surface area contributed by atoms with E-state index in [1.165, 1.54) is 11.3 Å². The zero-order valence-corrected chi connectivity index (χ0v) is 10.2. The summed E-state index contributed by atoms with van der Waals surface area (Å²) < 4.78 is 9.90. The molecule has 17 heavy (non-hydrogen) atoms. The highest BCUT2D eigenvalue weighted by Crippen LogP contribution is 2.20. The second kappa shape index (κ2) is 5.05. The molecule has 1 unspecified atom stereocenters. The minimum absolute atomic E-state index is 0.242. The molecule has 1 atom stereocenters. The van der Waals surface area contributed by atoms with Gasteiger partial charge in [0.1, 0.15) is 11.6 Å². The van der Waals surface area contributed by atoms with Crippen LogP contribution >= 0.6 is 11.3 Å². The van der Waals surface area contributed by atoms with Crippen molar-refractivity contribution in [1.82, 2.24) is 15.1 Å². The van der Waals surface area contributed by atoms with Crippen LogP contribution in [-0.4, -0.2) is 27.7 Å². The zero-order chi connectivity index (χ0) is 12.3. The Balaban J connectivity index is 2.16. The number of rotatable bonds is 4. The van der Waals surface area contributed by atoms with Gasteiger partial charge in [0.25, 0.3) is 0 Å². The summed E-state index contributed by atoms with van der Waals surface area (Å²) in [6.45, 7) is 3.74. The smallest absolute Gasteiger partial charge is 0.318 e. The number of thiazole rings is 1. The lowest BCUT2D eigenvalue weighted by molar-refractivity contribution is -0.145. The lowest BCUT2D eigenvalue weighted by atomic mass is 10.2. The summed E-state index contributed by atoms with van der Waals surface area (Å²) in [6.07, 6.45) is 0. The molecule has 2 heterocycles. The Morgan fingerprint density at radius 1 is 1.65 bits per heavy atom. The van der Waals surface area contributed by atoms with Crippen LogP contribution in [0.2, 0.25) is 0 Å². The molecule has 7 heteroatoms. The summed E-state index contributed by atoms with van der Waals surface area (Å²) in [7, 11) is 0. The average molecular weight is 253 g/mol. The minimum atomic E-state index is -0.560. The number of hydrogen-bond donors (Lipinski definition) is 0. The van der Waals surface area contributed by atoms with Gasteiger partial charge in [-0.05, 0) is 13.8 Å². The first kappa shape index (κ1) is 11.7. The van der Waals surface area contributed by atoms with Gasteiger partial charge in [0.15, 0.2) is 0 Å². The normalized spacial score (nSPS) is 12.4. The number of hydrogen-bond acceptors (Lipinski definition) is 7. The van der Waals surface area contributed by atoms with E-state index in [0.717, 1.165) is 0 Å². The van der Waals surface area contributed by atoms with Crippen LogP contribution < -0.4 is 0 Å². The van der Waals surface area contributed by atoms with E-state index < -0.39 is 5.92 Å². The monoisotopic (exact) mass is 253 g/mol. The first-order chi connectivity index (χ1) is 8.22. The van der Waals surface area contributed by atoms with Gasteiger partial charge in [-0.2, -0.15) is 4.98 Å². The molecular formula is C10H11N3O3S. The second-order valence-corrected chi connectivity index (χ2v) is 4.02. The fraction of sp³-hybridized carbons (Fsp3) is 0.400. The van der Waals surface area contributed by atoms with Gasteiger partial charge < -0.3 is 9.26 Å². The first-order valence-electron chi connectivity index (χ1n) is 5.11. The quantitative estimate of drug-likeness (QED) is 0.774. The first-order valence-corrected chi connectivity index (χ1v) is 6.05. The van der Waals surface area contributed by atoms with Crippen molar-refractivity contribution in [2.45, 2.75) is 19.8 Å². The zero-order valence-electron chi connectivity index (χ0n) is 9.41. The van der Waals surface area contributed by atoms with Crippen molar-refractivity contribution in [3.8, 4) is 11.5 Å². The maximum Gasteiger partial charge on any atom is 0.318 e. The van der Waals surface area contributed by atoms with Gasteiger partial charge >= 0.3 is 5.97 Å². The summed E-state index contributed by atoms with van der Waals surface area (Å²) >= 11 is 1.44. The molecule has 90 valence electrons. The molecule has 0 aromatic carbocycles. The molecule has 0 aliphatic rings. The summed E-state index contributed by atoms with van der Waals surface area (Å²) in [5.74, 6) is -0.306. The van der Waals surface area contributed by atoms with Gasteiger partial charge in [0.05, 0.1) is 12.1 Å². The number of esters is 1. The maximum absolute atomic E-state index is 11.5. The van der Waals surface area contributed by atoms with Crippen LogP contribution in [0.25, 0.3) is 11.5 Å². The summed E-state index contributed by atoms with van der Waals surface area (Å²) in [5, 5.41) is 5.58. The van der Waals surface area contributed by atoms with Crippen LogP contribution in [0.5, 0.6) is 0 Å². The Kier molecular flexibility index (Phi) is 3.48. The number of carbonyl (C=O) groups excluding carboxylic acids is 1.